The van der Waals surface area contributed by atoms with Crippen molar-refractivity contribution in [3.63, 3.8) is 0 Å². The minimum atomic E-state index is -0.312. The molecule has 0 aromatic rings. The SMILES string of the molecule is C=C1C(=O)O[C@H]2[C@H]3C(=C)[C@H](OC(C)=O)C[C@H]3C(=C)CC[C@H]12. The fourth-order valence-corrected chi connectivity index (χ4v) is 4.01. The summed E-state index contributed by atoms with van der Waals surface area (Å²) >= 11 is 0. The van der Waals surface area contributed by atoms with Gasteiger partial charge >= 0.3 is 11.9 Å². The van der Waals surface area contributed by atoms with Gasteiger partial charge in [0.15, 0.2) is 0 Å². The first kappa shape index (κ1) is 14.1. The van der Waals surface area contributed by atoms with Crippen LogP contribution in [0.4, 0.5) is 0 Å². The van der Waals surface area contributed by atoms with Gasteiger partial charge in [0, 0.05) is 24.3 Å². The highest BCUT2D eigenvalue weighted by molar-refractivity contribution is 5.91. The Labute approximate surface area is 124 Å². The summed E-state index contributed by atoms with van der Waals surface area (Å²) in [5.41, 5.74) is 2.53. The molecule has 5 atom stereocenters. The van der Waals surface area contributed by atoms with Gasteiger partial charge in [0.1, 0.15) is 12.2 Å². The van der Waals surface area contributed by atoms with Crippen LogP contribution in [0.25, 0.3) is 0 Å². The van der Waals surface area contributed by atoms with Crippen molar-refractivity contribution in [1.29, 1.82) is 0 Å². The third kappa shape index (κ3) is 2.13. The molecule has 2 saturated carbocycles. The Bertz CT molecular complexity index is 559. The Morgan fingerprint density at radius 3 is 2.67 bits per heavy atom. The molecule has 3 rings (SSSR count). The molecule has 112 valence electrons. The second-order valence-corrected chi connectivity index (χ2v) is 6.24. The Kier molecular flexibility index (Phi) is 3.27. The molecule has 0 aromatic carbocycles. The molecule has 0 unspecified atom stereocenters. The van der Waals surface area contributed by atoms with Crippen LogP contribution in [0.3, 0.4) is 0 Å². The van der Waals surface area contributed by atoms with Gasteiger partial charge in [0.2, 0.25) is 0 Å². The molecule has 0 N–H and O–H groups in total. The first-order chi connectivity index (χ1) is 9.90. The summed E-state index contributed by atoms with van der Waals surface area (Å²) in [7, 11) is 0. The predicted octanol–water partition coefficient (Wildman–Crippen LogP) is 2.56. The second kappa shape index (κ2) is 4.86. The minimum Gasteiger partial charge on any atom is -0.458 e. The lowest BCUT2D eigenvalue weighted by Gasteiger charge is -2.26. The van der Waals surface area contributed by atoms with Crippen LogP contribution in [0.5, 0.6) is 0 Å². The van der Waals surface area contributed by atoms with Crippen molar-refractivity contribution in [3.8, 4) is 0 Å². The zero-order valence-corrected chi connectivity index (χ0v) is 12.3. The molecule has 2 aliphatic carbocycles. The van der Waals surface area contributed by atoms with E-state index in [4.69, 9.17) is 9.47 Å². The van der Waals surface area contributed by atoms with E-state index in [1.165, 1.54) is 6.92 Å². The number of carbonyl (C=O) groups excluding carboxylic acids is 2. The Balaban J connectivity index is 1.93. The summed E-state index contributed by atoms with van der Waals surface area (Å²) in [6.07, 6.45) is 1.84. The maximum atomic E-state index is 11.8. The maximum Gasteiger partial charge on any atom is 0.334 e. The van der Waals surface area contributed by atoms with E-state index in [-0.39, 0.29) is 41.9 Å². The molecule has 4 heteroatoms. The van der Waals surface area contributed by atoms with Crippen LogP contribution in [0, 0.1) is 17.8 Å². The van der Waals surface area contributed by atoms with E-state index in [1.807, 2.05) is 0 Å². The first-order valence-electron chi connectivity index (χ1n) is 7.33. The van der Waals surface area contributed by atoms with Crippen molar-refractivity contribution in [3.05, 3.63) is 36.5 Å². The van der Waals surface area contributed by atoms with E-state index < -0.39 is 0 Å². The topological polar surface area (TPSA) is 52.6 Å². The van der Waals surface area contributed by atoms with Gasteiger partial charge in [-0.25, -0.2) is 4.79 Å². The number of rotatable bonds is 1. The van der Waals surface area contributed by atoms with Crippen LogP contribution < -0.4 is 0 Å². The van der Waals surface area contributed by atoms with Gasteiger partial charge in [0.25, 0.3) is 0 Å². The van der Waals surface area contributed by atoms with Crippen molar-refractivity contribution >= 4 is 11.9 Å². The zero-order valence-electron chi connectivity index (χ0n) is 12.3. The smallest absolute Gasteiger partial charge is 0.334 e. The lowest BCUT2D eigenvalue weighted by Crippen LogP contribution is -2.29. The summed E-state index contributed by atoms with van der Waals surface area (Å²) in [5.74, 6) is -0.447. The summed E-state index contributed by atoms with van der Waals surface area (Å²) < 4.78 is 10.9. The van der Waals surface area contributed by atoms with Crippen LogP contribution in [-0.2, 0) is 19.1 Å². The molecule has 0 radical (unpaired) electrons. The number of hydrogen-bond acceptors (Lipinski definition) is 4. The maximum absolute atomic E-state index is 11.8. The third-order valence-electron chi connectivity index (χ3n) is 5.06. The average Bonchev–Trinajstić information content (AvgIpc) is 2.81. The predicted molar refractivity (Wildman–Crippen MR) is 77.2 cm³/mol. The Morgan fingerprint density at radius 1 is 1.29 bits per heavy atom. The normalized spacial score (nSPS) is 38.6. The number of fused-ring (bicyclic) bond motifs is 3. The number of carbonyl (C=O) groups is 2. The summed E-state index contributed by atoms with van der Waals surface area (Å²) in [5, 5.41) is 0. The molecule has 4 nitrogen and oxygen atoms in total. The quantitative estimate of drug-likeness (QED) is 0.423. The fourth-order valence-electron chi connectivity index (χ4n) is 4.01. The van der Waals surface area contributed by atoms with Crippen LogP contribution >= 0.6 is 0 Å². The van der Waals surface area contributed by atoms with Crippen LogP contribution in [0.1, 0.15) is 26.2 Å². The minimum absolute atomic E-state index is 0.0162. The van der Waals surface area contributed by atoms with E-state index in [9.17, 15) is 9.59 Å². The van der Waals surface area contributed by atoms with E-state index in [2.05, 4.69) is 19.7 Å². The molecule has 1 heterocycles. The first-order valence-corrected chi connectivity index (χ1v) is 7.33. The zero-order chi connectivity index (χ0) is 15.3. The highest BCUT2D eigenvalue weighted by Crippen LogP contribution is 2.52. The number of ether oxygens (including phenoxy) is 2. The Morgan fingerprint density at radius 2 is 2.00 bits per heavy atom. The van der Waals surface area contributed by atoms with Gasteiger partial charge in [0.05, 0.1) is 0 Å². The van der Waals surface area contributed by atoms with Gasteiger partial charge in [-0.2, -0.15) is 0 Å². The number of allylic oxidation sites excluding steroid dienone is 1. The summed E-state index contributed by atoms with van der Waals surface area (Å²) in [4.78, 5) is 23.1. The molecule has 3 aliphatic rings. The summed E-state index contributed by atoms with van der Waals surface area (Å²) in [6, 6.07) is 0. The van der Waals surface area contributed by atoms with Crippen molar-refractivity contribution in [2.24, 2.45) is 17.8 Å². The van der Waals surface area contributed by atoms with Gasteiger partial charge in [-0.3, -0.25) is 4.79 Å². The van der Waals surface area contributed by atoms with E-state index >= 15 is 0 Å². The second-order valence-electron chi connectivity index (χ2n) is 6.24. The van der Waals surface area contributed by atoms with Crippen molar-refractivity contribution in [1.82, 2.24) is 0 Å². The van der Waals surface area contributed by atoms with Crippen LogP contribution in [0.2, 0.25) is 0 Å². The van der Waals surface area contributed by atoms with Gasteiger partial charge in [-0.1, -0.05) is 25.3 Å². The van der Waals surface area contributed by atoms with Crippen molar-refractivity contribution < 1.29 is 19.1 Å². The molecule has 0 amide bonds. The van der Waals surface area contributed by atoms with Crippen LogP contribution in [-0.4, -0.2) is 24.1 Å². The fraction of sp³-hybridized carbons (Fsp3) is 0.529. The van der Waals surface area contributed by atoms with Crippen LogP contribution in [0.15, 0.2) is 36.5 Å². The molecule has 0 aromatic heterocycles. The molecule has 0 spiro atoms. The van der Waals surface area contributed by atoms with Gasteiger partial charge in [-0.05, 0) is 30.8 Å². The molecular weight excluding hydrogens is 268 g/mol. The lowest BCUT2D eigenvalue weighted by atomic mass is 9.82. The van der Waals surface area contributed by atoms with Crippen molar-refractivity contribution in [2.75, 3.05) is 0 Å². The van der Waals surface area contributed by atoms with Crippen molar-refractivity contribution in [2.45, 2.75) is 38.4 Å². The third-order valence-corrected chi connectivity index (χ3v) is 5.06. The Hall–Kier alpha value is -1.84. The number of hydrogen-bond donors (Lipinski definition) is 0. The number of esters is 2. The molecule has 1 saturated heterocycles. The largest absolute Gasteiger partial charge is 0.458 e. The van der Waals surface area contributed by atoms with E-state index in [0.717, 1.165) is 24.0 Å². The van der Waals surface area contributed by atoms with Gasteiger partial charge in [-0.15, -0.1) is 0 Å². The standard InChI is InChI=1S/C17H20O4/c1-8-5-6-12-9(2)17(19)21-16(12)15-10(3)14(7-13(8)15)20-11(4)18/h12-16H,1-3,5-7H2,4H3/t12-,13+,14-,15+,16-/m1/s1. The highest BCUT2D eigenvalue weighted by atomic mass is 16.6. The van der Waals surface area contributed by atoms with E-state index in [0.29, 0.717) is 12.0 Å². The summed E-state index contributed by atoms with van der Waals surface area (Å²) in [6.45, 7) is 13.6. The molecule has 3 fully saturated rings. The molecule has 1 aliphatic heterocycles. The monoisotopic (exact) mass is 288 g/mol. The highest BCUT2D eigenvalue weighted by Gasteiger charge is 2.53. The van der Waals surface area contributed by atoms with E-state index in [1.54, 1.807) is 0 Å². The van der Waals surface area contributed by atoms with Gasteiger partial charge < -0.3 is 9.47 Å². The molecule has 0 bridgehead atoms. The molecule has 21 heavy (non-hydrogen) atoms. The average molecular weight is 288 g/mol. The molecular formula is C17H20O4. The lowest BCUT2D eigenvalue weighted by molar-refractivity contribution is -0.145.